The van der Waals surface area contributed by atoms with Gasteiger partial charge >= 0.3 is 35.5 Å². The summed E-state index contributed by atoms with van der Waals surface area (Å²) in [6, 6.07) is 6.90. The van der Waals surface area contributed by atoms with Gasteiger partial charge in [0.15, 0.2) is 17.9 Å². The molecule has 0 aromatic carbocycles. The van der Waals surface area contributed by atoms with Crippen molar-refractivity contribution in [2.75, 3.05) is 0 Å². The third-order valence-corrected chi connectivity index (χ3v) is 4.80. The number of carbonyl (C=O) groups excluding carboxylic acids is 2. The first-order chi connectivity index (χ1) is 17.0. The number of nitrogens with zero attached hydrogens (tertiary/aromatic N) is 4. The minimum Gasteiger partial charge on any atom is -0.543 e. The first kappa shape index (κ1) is 29.5. The van der Waals surface area contributed by atoms with Crippen LogP contribution in [0.5, 0.6) is 0 Å². The second-order valence-electron chi connectivity index (χ2n) is 6.88. The maximum atomic E-state index is 11.7. The van der Waals surface area contributed by atoms with Gasteiger partial charge in [-0.2, -0.15) is 0 Å². The summed E-state index contributed by atoms with van der Waals surface area (Å²) in [4.78, 5) is 35.1. The number of aromatic nitrogens is 6. The van der Waals surface area contributed by atoms with Crippen LogP contribution in [0.1, 0.15) is 28.4 Å². The van der Waals surface area contributed by atoms with E-state index in [2.05, 4.69) is 19.9 Å². The Kier molecular flexibility index (Phi) is 11.3. The van der Waals surface area contributed by atoms with E-state index < -0.39 is 11.9 Å². The van der Waals surface area contributed by atoms with Crippen LogP contribution < -0.4 is 34.7 Å². The van der Waals surface area contributed by atoms with Gasteiger partial charge in [0.05, 0.1) is 53.9 Å². The summed E-state index contributed by atoms with van der Waals surface area (Å²) in [5.41, 5.74) is 3.03. The van der Waals surface area contributed by atoms with Crippen molar-refractivity contribution in [1.82, 2.24) is 29.1 Å². The molecule has 0 saturated heterocycles. The number of H-pyrrole nitrogens is 2. The fourth-order valence-electron chi connectivity index (χ4n) is 2.85. The molecule has 6 aromatic rings. The molecule has 6 rings (SSSR count). The number of carboxylic acid groups (broad SMARTS) is 1. The average Bonchev–Trinajstić information content (AvgIpc) is 3.68. The zero-order valence-corrected chi connectivity index (χ0v) is 21.7. The van der Waals surface area contributed by atoms with E-state index in [4.69, 9.17) is 25.2 Å². The topological polar surface area (TPSA) is 160 Å². The maximum Gasteiger partial charge on any atom is 1.00 e. The fourth-order valence-corrected chi connectivity index (χ4v) is 2.99. The molecule has 0 amide bonds. The van der Waals surface area contributed by atoms with E-state index in [1.54, 1.807) is 64.8 Å². The molecule has 0 unspecified atom stereocenters. The third kappa shape index (κ3) is 7.89. The van der Waals surface area contributed by atoms with Crippen LogP contribution in [0.4, 0.5) is 0 Å². The number of carbonyl (C=O) groups is 2. The molecule has 6 aromatic heterocycles. The van der Waals surface area contributed by atoms with Crippen molar-refractivity contribution in [2.24, 2.45) is 0 Å². The Hall–Kier alpha value is -3.71. The van der Waals surface area contributed by atoms with Crippen molar-refractivity contribution in [2.45, 2.75) is 20.2 Å². The van der Waals surface area contributed by atoms with E-state index in [-0.39, 0.29) is 49.4 Å². The molecule has 14 heteroatoms. The van der Waals surface area contributed by atoms with E-state index in [0.29, 0.717) is 28.4 Å². The molecule has 6 heterocycles. The van der Waals surface area contributed by atoms with E-state index in [1.165, 1.54) is 12.3 Å². The number of aromatic amines is 2. The molecule has 0 fully saturated rings. The summed E-state index contributed by atoms with van der Waals surface area (Å²) in [5.74, 6) is -1.65. The maximum absolute atomic E-state index is 11.7. The zero-order valence-electron chi connectivity index (χ0n) is 19.0. The Labute approximate surface area is 237 Å². The van der Waals surface area contributed by atoms with E-state index in [1.807, 2.05) is 6.20 Å². The van der Waals surface area contributed by atoms with Crippen LogP contribution in [0, 0.1) is 0 Å². The number of hydrogen-bond acceptors (Lipinski definition) is 8. The van der Waals surface area contributed by atoms with Crippen LogP contribution in [-0.4, -0.2) is 41.0 Å². The van der Waals surface area contributed by atoms with Crippen LogP contribution in [0.15, 0.2) is 83.1 Å². The first-order valence-electron chi connectivity index (χ1n) is 10.0. The fraction of sp³-hybridized carbons (Fsp3) is 0.130. The molecule has 0 bridgehead atoms. The van der Waals surface area contributed by atoms with Gasteiger partial charge in [0.25, 0.3) is 0 Å². The summed E-state index contributed by atoms with van der Waals surface area (Å²) in [6.07, 6.45) is 13.1. The summed E-state index contributed by atoms with van der Waals surface area (Å²) in [5, 5.41) is 10.3. The predicted molar refractivity (Wildman–Crippen MR) is 128 cm³/mol. The number of fused-ring (bicyclic) bond motifs is 2. The van der Waals surface area contributed by atoms with Gasteiger partial charge in [-0.15, -0.1) is 11.6 Å². The Balaban J connectivity index is 0.000000208. The van der Waals surface area contributed by atoms with Crippen molar-refractivity contribution in [3.63, 3.8) is 0 Å². The molecule has 0 aliphatic rings. The number of nitrogens with one attached hydrogen (secondary N) is 2. The number of ether oxygens (including phenoxy) is 1. The van der Waals surface area contributed by atoms with E-state index >= 15 is 0 Å². The predicted octanol–water partition coefficient (Wildman–Crippen LogP) is 0.616. The minimum atomic E-state index is -1.23. The number of alkyl halides is 1. The van der Waals surface area contributed by atoms with E-state index in [0.717, 1.165) is 5.52 Å². The van der Waals surface area contributed by atoms with Crippen LogP contribution in [-0.2, 0) is 17.5 Å². The van der Waals surface area contributed by atoms with Gasteiger partial charge < -0.3 is 42.6 Å². The second-order valence-corrected chi connectivity index (χ2v) is 7.12. The second kappa shape index (κ2) is 14.1. The standard InChI is InChI=1S/C11H9N3O3.C7H5NO3.C4H5ClN2.CH4.Na/c15-11(17-7-14-3-2-12-6-14)9-5-10-8(13-9)1-4-16-10;9-7(10)5-3-6-4(8-5)1-2-11-6;5-3-7-2-1-6-4-7;;/h1-6,13H,7H2;1-3,8H,(H,9,10);1-2,4H,3H2;1H4;/q;;;;+1/p-1. The van der Waals surface area contributed by atoms with Crippen LogP contribution in [0.25, 0.3) is 22.2 Å². The summed E-state index contributed by atoms with van der Waals surface area (Å²) in [7, 11) is 0. The number of furan rings is 2. The van der Waals surface area contributed by atoms with Gasteiger partial charge in [-0.05, 0) is 0 Å². The molecule has 37 heavy (non-hydrogen) atoms. The largest absolute Gasteiger partial charge is 1.00 e. The number of imidazole rings is 2. The van der Waals surface area contributed by atoms with Crippen LogP contribution in [0.3, 0.4) is 0 Å². The monoisotopic (exact) mass is 536 g/mol. The molecule has 0 aliphatic carbocycles. The molecular formula is C23H22ClN6NaO6. The summed E-state index contributed by atoms with van der Waals surface area (Å²) >= 11 is 5.39. The molecule has 0 aliphatic heterocycles. The molecule has 0 saturated carbocycles. The number of carboxylic acids is 1. The Morgan fingerprint density at radius 1 is 0.946 bits per heavy atom. The molecule has 2 N–H and O–H groups in total. The number of halogens is 1. The van der Waals surface area contributed by atoms with Gasteiger partial charge in [0.1, 0.15) is 5.69 Å². The Morgan fingerprint density at radius 2 is 1.49 bits per heavy atom. The van der Waals surface area contributed by atoms with Gasteiger partial charge in [-0.25, -0.2) is 14.8 Å². The van der Waals surface area contributed by atoms with Gasteiger partial charge in [0, 0.05) is 49.1 Å². The smallest absolute Gasteiger partial charge is 0.543 e. The van der Waals surface area contributed by atoms with Crippen molar-refractivity contribution < 1.29 is 57.8 Å². The molecular weight excluding hydrogens is 515 g/mol. The van der Waals surface area contributed by atoms with Gasteiger partial charge in [-0.1, -0.05) is 7.43 Å². The van der Waals surface area contributed by atoms with Crippen molar-refractivity contribution in [1.29, 1.82) is 0 Å². The number of aromatic carboxylic acids is 1. The summed E-state index contributed by atoms with van der Waals surface area (Å²) in [6.45, 7) is 0.138. The number of rotatable bonds is 5. The SMILES string of the molecule is C.ClCn1ccnc1.O=C(OCn1ccnc1)c1cc2occc2[nH]1.O=C([O-])c1cc2occc2[nH]1.[Na+]. The normalized spacial score (nSPS) is 9.86. The number of hydrogen-bond donors (Lipinski definition) is 2. The van der Waals surface area contributed by atoms with E-state index in [9.17, 15) is 14.7 Å². The minimum absolute atomic E-state index is 0. The average molecular weight is 537 g/mol. The molecule has 0 atom stereocenters. The molecule has 188 valence electrons. The first-order valence-corrected chi connectivity index (χ1v) is 10.6. The molecule has 0 spiro atoms. The van der Waals surface area contributed by atoms with Crippen molar-refractivity contribution in [3.8, 4) is 0 Å². The number of esters is 1. The van der Waals surface area contributed by atoms with Gasteiger partial charge in [0.2, 0.25) is 0 Å². The van der Waals surface area contributed by atoms with Crippen LogP contribution in [0.2, 0.25) is 0 Å². The Morgan fingerprint density at radius 3 is 1.95 bits per heavy atom. The molecule has 12 nitrogen and oxygen atoms in total. The van der Waals surface area contributed by atoms with Gasteiger partial charge in [-0.3, -0.25) is 0 Å². The zero-order chi connectivity index (χ0) is 24.6. The molecule has 0 radical (unpaired) electrons. The van der Waals surface area contributed by atoms with Crippen LogP contribution >= 0.6 is 11.6 Å². The quantitative estimate of drug-likeness (QED) is 0.184. The van der Waals surface area contributed by atoms with Crippen molar-refractivity contribution >= 4 is 45.7 Å². The Bertz CT molecular complexity index is 1440. The summed E-state index contributed by atoms with van der Waals surface area (Å²) < 4.78 is 18.6. The third-order valence-electron chi connectivity index (χ3n) is 4.52. The van der Waals surface area contributed by atoms with Crippen molar-refractivity contribution in [3.05, 3.63) is 85.6 Å².